The molecule has 0 unspecified atom stereocenters. The number of hydrogen-bond acceptors (Lipinski definition) is 5. The number of fused-ring (bicyclic) bond motifs is 1. The minimum absolute atomic E-state index is 0.322. The van der Waals surface area contributed by atoms with Gasteiger partial charge in [0.05, 0.1) is 12.7 Å². The average molecular weight is 477 g/mol. The number of carbonyl (C=O) groups excluding carboxylic acids is 2. The Balaban J connectivity index is 1.44. The summed E-state index contributed by atoms with van der Waals surface area (Å²) in [5, 5.41) is 3.38. The zero-order chi connectivity index (χ0) is 24.1. The minimum atomic E-state index is -0.498. The fourth-order valence-electron chi connectivity index (χ4n) is 4.07. The van der Waals surface area contributed by atoms with Crippen molar-refractivity contribution in [3.8, 4) is 11.5 Å². The molecule has 4 rings (SSSR count). The molecule has 0 spiro atoms. The monoisotopic (exact) mass is 476 g/mol. The summed E-state index contributed by atoms with van der Waals surface area (Å²) in [7, 11) is 1.58. The number of primary amides is 1. The van der Waals surface area contributed by atoms with Crippen molar-refractivity contribution in [3.05, 3.63) is 81.7 Å². The predicted molar refractivity (Wildman–Crippen MR) is 135 cm³/mol. The topological polar surface area (TPSA) is 90.6 Å². The maximum Gasteiger partial charge on any atom is 0.251 e. The van der Waals surface area contributed by atoms with Gasteiger partial charge in [-0.25, -0.2) is 0 Å². The summed E-state index contributed by atoms with van der Waals surface area (Å²) in [5.74, 6) is 0.941. The summed E-state index contributed by atoms with van der Waals surface area (Å²) >= 11 is 1.45. The van der Waals surface area contributed by atoms with Crippen LogP contribution in [0.1, 0.15) is 45.3 Å². The first-order valence-electron chi connectivity index (χ1n) is 11.2. The number of nitrogens with two attached hydrogens (primary N) is 1. The Morgan fingerprint density at radius 1 is 1.18 bits per heavy atom. The summed E-state index contributed by atoms with van der Waals surface area (Å²) in [4.78, 5) is 25.8. The third kappa shape index (κ3) is 5.48. The Bertz CT molecular complexity index is 1220. The highest BCUT2D eigenvalue weighted by Gasteiger charge is 2.26. The molecule has 0 fully saturated rings. The van der Waals surface area contributed by atoms with E-state index in [1.165, 1.54) is 17.4 Å². The number of ether oxygens (including phenoxy) is 2. The maximum atomic E-state index is 12.6. The summed E-state index contributed by atoms with van der Waals surface area (Å²) in [6.45, 7) is 2.63. The number of amides is 2. The molecule has 0 bridgehead atoms. The van der Waals surface area contributed by atoms with E-state index in [1.807, 2.05) is 48.5 Å². The fraction of sp³-hybridized carbons (Fsp3) is 0.259. The lowest BCUT2D eigenvalue weighted by atomic mass is 9.88. The lowest BCUT2D eigenvalue weighted by Gasteiger charge is -2.18. The van der Waals surface area contributed by atoms with Crippen LogP contribution >= 0.6 is 11.3 Å². The van der Waals surface area contributed by atoms with E-state index < -0.39 is 5.91 Å². The molecule has 1 aliphatic rings. The molecule has 0 radical (unpaired) electrons. The smallest absolute Gasteiger partial charge is 0.251 e. The van der Waals surface area contributed by atoms with Crippen LogP contribution in [0.2, 0.25) is 0 Å². The lowest BCUT2D eigenvalue weighted by Crippen LogP contribution is -2.18. The molecule has 2 aromatic carbocycles. The van der Waals surface area contributed by atoms with Crippen molar-refractivity contribution in [1.29, 1.82) is 0 Å². The molecule has 1 heterocycles. The van der Waals surface area contributed by atoms with E-state index in [0.29, 0.717) is 34.6 Å². The van der Waals surface area contributed by atoms with E-state index in [0.717, 1.165) is 40.8 Å². The summed E-state index contributed by atoms with van der Waals surface area (Å²) in [6.07, 6.45) is 5.87. The van der Waals surface area contributed by atoms with Crippen molar-refractivity contribution in [2.75, 3.05) is 12.4 Å². The molecule has 1 aromatic heterocycles. The highest BCUT2D eigenvalue weighted by molar-refractivity contribution is 7.17. The van der Waals surface area contributed by atoms with E-state index in [9.17, 15) is 9.59 Å². The van der Waals surface area contributed by atoms with Gasteiger partial charge in [-0.1, -0.05) is 43.3 Å². The molecule has 34 heavy (non-hydrogen) atoms. The average Bonchev–Trinajstić information content (AvgIpc) is 3.19. The van der Waals surface area contributed by atoms with Gasteiger partial charge in [0.25, 0.3) is 5.91 Å². The van der Waals surface area contributed by atoms with Crippen molar-refractivity contribution < 1.29 is 19.1 Å². The molecule has 3 aromatic rings. The number of nitrogens with one attached hydrogen (secondary N) is 1. The summed E-state index contributed by atoms with van der Waals surface area (Å²) in [6, 6.07) is 15.4. The van der Waals surface area contributed by atoms with Crippen molar-refractivity contribution in [2.45, 2.75) is 32.8 Å². The Morgan fingerprint density at radius 2 is 1.97 bits per heavy atom. The Morgan fingerprint density at radius 3 is 2.71 bits per heavy atom. The third-order valence-electron chi connectivity index (χ3n) is 5.85. The standard InChI is InChI=1S/C27H28N2O4S/c1-17-8-11-20-23(14-17)34-27(25(20)26(28)31)29-24(30)13-10-18-9-12-21(22(15-18)32-2)33-16-19-6-4-3-5-7-19/h3-7,9-10,12-13,15,17H,8,11,14,16H2,1-2H3,(H2,28,31)(H,29,30)/b13-10+/t17-/m1/s1. The van der Waals surface area contributed by atoms with Gasteiger partial charge in [-0.3, -0.25) is 9.59 Å². The third-order valence-corrected chi connectivity index (χ3v) is 7.02. The van der Waals surface area contributed by atoms with Gasteiger partial charge < -0.3 is 20.5 Å². The molecule has 2 amide bonds. The first-order valence-corrected chi connectivity index (χ1v) is 12.0. The van der Waals surface area contributed by atoms with Crippen LogP contribution in [0.5, 0.6) is 11.5 Å². The normalized spacial score (nSPS) is 15.1. The van der Waals surface area contributed by atoms with Crippen LogP contribution in [0.15, 0.2) is 54.6 Å². The molecule has 1 aliphatic carbocycles. The Labute approximate surface area is 203 Å². The van der Waals surface area contributed by atoms with Gasteiger partial charge in [0, 0.05) is 11.0 Å². The van der Waals surface area contributed by atoms with Crippen LogP contribution in [0.25, 0.3) is 6.08 Å². The largest absolute Gasteiger partial charge is 0.493 e. The second-order valence-corrected chi connectivity index (χ2v) is 9.53. The highest BCUT2D eigenvalue weighted by atomic mass is 32.1. The number of thiophene rings is 1. The van der Waals surface area contributed by atoms with Crippen molar-refractivity contribution in [1.82, 2.24) is 0 Å². The molecule has 0 saturated heterocycles. The number of methoxy groups -OCH3 is 1. The number of hydrogen-bond donors (Lipinski definition) is 2. The van der Waals surface area contributed by atoms with Gasteiger partial charge in [0.15, 0.2) is 11.5 Å². The van der Waals surface area contributed by atoms with Crippen LogP contribution in [0.3, 0.4) is 0 Å². The molecule has 0 aliphatic heterocycles. The van der Waals surface area contributed by atoms with Gasteiger partial charge in [0.2, 0.25) is 5.91 Å². The highest BCUT2D eigenvalue weighted by Crippen LogP contribution is 2.39. The number of benzene rings is 2. The zero-order valence-electron chi connectivity index (χ0n) is 19.3. The first kappa shape index (κ1) is 23.6. The minimum Gasteiger partial charge on any atom is -0.493 e. The zero-order valence-corrected chi connectivity index (χ0v) is 20.1. The van der Waals surface area contributed by atoms with Gasteiger partial charge in [-0.15, -0.1) is 11.3 Å². The quantitative estimate of drug-likeness (QED) is 0.437. The molecular weight excluding hydrogens is 448 g/mol. The van der Waals surface area contributed by atoms with Crippen LogP contribution in [-0.4, -0.2) is 18.9 Å². The molecule has 6 nitrogen and oxygen atoms in total. The Hall–Kier alpha value is -3.58. The van der Waals surface area contributed by atoms with Gasteiger partial charge in [-0.2, -0.15) is 0 Å². The van der Waals surface area contributed by atoms with Crippen molar-refractivity contribution in [3.63, 3.8) is 0 Å². The first-order chi connectivity index (χ1) is 16.4. The molecule has 3 N–H and O–H groups in total. The SMILES string of the molecule is COc1cc(/C=C/C(=O)Nc2sc3c(c2C(N)=O)CC[C@@H](C)C3)ccc1OCc1ccccc1. The number of anilines is 1. The summed E-state index contributed by atoms with van der Waals surface area (Å²) < 4.78 is 11.4. The number of carbonyl (C=O) groups is 2. The van der Waals surface area contributed by atoms with E-state index in [4.69, 9.17) is 15.2 Å². The van der Waals surface area contributed by atoms with Crippen molar-refractivity contribution >= 4 is 34.2 Å². The van der Waals surface area contributed by atoms with Crippen LogP contribution in [0.4, 0.5) is 5.00 Å². The van der Waals surface area contributed by atoms with Crippen molar-refractivity contribution in [2.24, 2.45) is 11.7 Å². The van der Waals surface area contributed by atoms with E-state index in [-0.39, 0.29) is 5.91 Å². The molecule has 0 saturated carbocycles. The second kappa shape index (κ2) is 10.6. The second-order valence-electron chi connectivity index (χ2n) is 8.43. The summed E-state index contributed by atoms with van der Waals surface area (Å²) in [5.41, 5.74) is 8.93. The van der Waals surface area contributed by atoms with Gasteiger partial charge in [-0.05, 0) is 60.1 Å². The molecule has 176 valence electrons. The fourth-order valence-corrected chi connectivity index (χ4v) is 5.49. The number of rotatable bonds is 8. The van der Waals surface area contributed by atoms with E-state index in [1.54, 1.807) is 13.2 Å². The van der Waals surface area contributed by atoms with Gasteiger partial charge in [0.1, 0.15) is 11.6 Å². The van der Waals surface area contributed by atoms with E-state index >= 15 is 0 Å². The molecule has 1 atom stereocenters. The molecule has 7 heteroatoms. The lowest BCUT2D eigenvalue weighted by molar-refractivity contribution is -0.111. The van der Waals surface area contributed by atoms with Crippen LogP contribution in [-0.2, 0) is 24.2 Å². The molecular formula is C27H28N2O4S. The maximum absolute atomic E-state index is 12.6. The predicted octanol–water partition coefficient (Wildman–Crippen LogP) is 5.21. The Kier molecular flexibility index (Phi) is 7.33. The van der Waals surface area contributed by atoms with Gasteiger partial charge >= 0.3 is 0 Å². The van der Waals surface area contributed by atoms with Crippen LogP contribution < -0.4 is 20.5 Å². The van der Waals surface area contributed by atoms with E-state index in [2.05, 4.69) is 12.2 Å². The van der Waals surface area contributed by atoms with Crippen LogP contribution in [0, 0.1) is 5.92 Å².